The summed E-state index contributed by atoms with van der Waals surface area (Å²) >= 11 is 0. The Kier molecular flexibility index (Phi) is 7.24. The van der Waals surface area contributed by atoms with Gasteiger partial charge in [-0.1, -0.05) is 19.8 Å². The van der Waals surface area contributed by atoms with Crippen LogP contribution in [0.3, 0.4) is 0 Å². The van der Waals surface area contributed by atoms with Gasteiger partial charge in [0, 0.05) is 0 Å². The van der Waals surface area contributed by atoms with Gasteiger partial charge in [-0.05, 0) is 6.42 Å². The molecule has 16 heavy (non-hydrogen) atoms. The third-order valence-electron chi connectivity index (χ3n) is 2.53. The Bertz CT molecular complexity index is 197. The first kappa shape index (κ1) is 15.3. The third-order valence-corrected chi connectivity index (χ3v) is 2.53. The van der Waals surface area contributed by atoms with Crippen LogP contribution in [0.25, 0.3) is 0 Å². The van der Waals surface area contributed by atoms with Gasteiger partial charge >= 0.3 is 5.97 Å². The molecule has 0 aromatic rings. The highest BCUT2D eigenvalue weighted by Gasteiger charge is 2.32. The average Bonchev–Trinajstić information content (AvgIpc) is 2.30. The van der Waals surface area contributed by atoms with Gasteiger partial charge in [0.15, 0.2) is 0 Å². The zero-order valence-corrected chi connectivity index (χ0v) is 9.52. The van der Waals surface area contributed by atoms with Crippen molar-refractivity contribution in [1.29, 1.82) is 0 Å². The van der Waals surface area contributed by atoms with E-state index in [4.69, 9.17) is 20.4 Å². The SMILES string of the molecule is CCCCC(NC(CO)(CO)CO)C(=O)O. The molecule has 1 atom stereocenters. The molecule has 6 heteroatoms. The number of aliphatic hydroxyl groups excluding tert-OH is 3. The molecule has 0 fully saturated rings. The van der Waals surface area contributed by atoms with Gasteiger partial charge in [0.05, 0.1) is 25.4 Å². The normalized spacial score (nSPS) is 13.8. The van der Waals surface area contributed by atoms with Gasteiger partial charge in [-0.15, -0.1) is 0 Å². The van der Waals surface area contributed by atoms with Crippen LogP contribution in [0.4, 0.5) is 0 Å². The highest BCUT2D eigenvalue weighted by molar-refractivity contribution is 5.73. The summed E-state index contributed by atoms with van der Waals surface area (Å²) in [6, 6.07) is -0.869. The van der Waals surface area contributed by atoms with Gasteiger partial charge in [-0.25, -0.2) is 0 Å². The maximum absolute atomic E-state index is 10.9. The van der Waals surface area contributed by atoms with Crippen molar-refractivity contribution in [3.05, 3.63) is 0 Å². The lowest BCUT2D eigenvalue weighted by Gasteiger charge is -2.32. The summed E-state index contributed by atoms with van der Waals surface area (Å²) in [7, 11) is 0. The fourth-order valence-corrected chi connectivity index (χ4v) is 1.32. The molecule has 6 nitrogen and oxygen atoms in total. The van der Waals surface area contributed by atoms with Crippen molar-refractivity contribution in [3.63, 3.8) is 0 Å². The molecule has 0 aliphatic carbocycles. The van der Waals surface area contributed by atoms with Gasteiger partial charge in [0.2, 0.25) is 0 Å². The summed E-state index contributed by atoms with van der Waals surface area (Å²) in [5.74, 6) is -1.05. The second kappa shape index (κ2) is 7.56. The van der Waals surface area contributed by atoms with Crippen molar-refractivity contribution in [2.75, 3.05) is 19.8 Å². The molecule has 0 aromatic heterocycles. The Morgan fingerprint density at radius 2 is 1.75 bits per heavy atom. The number of carboxylic acid groups (broad SMARTS) is 1. The lowest BCUT2D eigenvalue weighted by atomic mass is 10.00. The van der Waals surface area contributed by atoms with E-state index in [2.05, 4.69) is 5.32 Å². The van der Waals surface area contributed by atoms with Crippen LogP contribution in [0.1, 0.15) is 26.2 Å². The molecule has 0 aliphatic heterocycles. The standard InChI is InChI=1S/C10H21NO5/c1-2-3-4-8(9(15)16)11-10(5-12,6-13)7-14/h8,11-14H,2-7H2,1H3,(H,15,16). The second-order valence-corrected chi connectivity index (χ2v) is 3.93. The van der Waals surface area contributed by atoms with E-state index in [0.29, 0.717) is 6.42 Å². The first-order chi connectivity index (χ1) is 7.55. The molecule has 0 bridgehead atoms. The van der Waals surface area contributed by atoms with Crippen LogP contribution in [0, 0.1) is 0 Å². The summed E-state index contributed by atoms with van der Waals surface area (Å²) in [4.78, 5) is 10.9. The lowest BCUT2D eigenvalue weighted by molar-refractivity contribution is -0.141. The van der Waals surface area contributed by atoms with E-state index < -0.39 is 37.4 Å². The van der Waals surface area contributed by atoms with Crippen molar-refractivity contribution in [1.82, 2.24) is 5.32 Å². The molecule has 0 radical (unpaired) electrons. The zero-order chi connectivity index (χ0) is 12.6. The van der Waals surface area contributed by atoms with Gasteiger partial charge in [0.1, 0.15) is 6.04 Å². The van der Waals surface area contributed by atoms with Crippen molar-refractivity contribution in [2.24, 2.45) is 0 Å². The number of rotatable bonds is 9. The second-order valence-electron chi connectivity index (χ2n) is 3.93. The minimum absolute atomic E-state index is 0.396. The number of hydrogen-bond donors (Lipinski definition) is 5. The lowest BCUT2D eigenvalue weighted by Crippen LogP contribution is -2.60. The molecular weight excluding hydrogens is 214 g/mol. The highest BCUT2D eigenvalue weighted by atomic mass is 16.4. The van der Waals surface area contributed by atoms with Crippen molar-refractivity contribution in [3.8, 4) is 0 Å². The topological polar surface area (TPSA) is 110 Å². The van der Waals surface area contributed by atoms with Gasteiger partial charge in [0.25, 0.3) is 0 Å². The Balaban J connectivity index is 4.50. The highest BCUT2D eigenvalue weighted by Crippen LogP contribution is 2.08. The summed E-state index contributed by atoms with van der Waals surface area (Å²) in [6.07, 6.45) is 1.98. The minimum Gasteiger partial charge on any atom is -0.480 e. The van der Waals surface area contributed by atoms with Crippen LogP contribution in [0.5, 0.6) is 0 Å². The Labute approximate surface area is 94.9 Å². The zero-order valence-electron chi connectivity index (χ0n) is 9.52. The van der Waals surface area contributed by atoms with Crippen LogP contribution in [-0.2, 0) is 4.79 Å². The number of aliphatic hydroxyl groups is 3. The molecular formula is C10H21NO5. The maximum atomic E-state index is 10.9. The predicted octanol–water partition coefficient (Wildman–Crippen LogP) is -1.06. The number of carboxylic acids is 1. The summed E-state index contributed by atoms with van der Waals surface area (Å²) in [5, 5.41) is 38.7. The molecule has 0 spiro atoms. The monoisotopic (exact) mass is 235 g/mol. The quantitative estimate of drug-likeness (QED) is 0.348. The molecule has 0 heterocycles. The van der Waals surface area contributed by atoms with Gasteiger partial charge in [-0.3, -0.25) is 10.1 Å². The van der Waals surface area contributed by atoms with Crippen molar-refractivity contribution in [2.45, 2.75) is 37.8 Å². The number of hydrogen-bond acceptors (Lipinski definition) is 5. The molecule has 0 saturated heterocycles. The Morgan fingerprint density at radius 3 is 2.06 bits per heavy atom. The van der Waals surface area contributed by atoms with Crippen molar-refractivity contribution < 1.29 is 25.2 Å². The fourth-order valence-electron chi connectivity index (χ4n) is 1.32. The van der Waals surface area contributed by atoms with E-state index in [1.54, 1.807) is 0 Å². The number of nitrogens with one attached hydrogen (secondary N) is 1. The first-order valence-electron chi connectivity index (χ1n) is 5.38. The fraction of sp³-hybridized carbons (Fsp3) is 0.900. The maximum Gasteiger partial charge on any atom is 0.320 e. The molecule has 0 amide bonds. The van der Waals surface area contributed by atoms with E-state index in [9.17, 15) is 4.79 Å². The van der Waals surface area contributed by atoms with E-state index >= 15 is 0 Å². The van der Waals surface area contributed by atoms with E-state index in [-0.39, 0.29) is 0 Å². The van der Waals surface area contributed by atoms with E-state index in [1.165, 1.54) is 0 Å². The van der Waals surface area contributed by atoms with E-state index in [1.807, 2.05) is 6.92 Å². The third kappa shape index (κ3) is 4.44. The molecule has 0 aliphatic rings. The number of aliphatic carboxylic acids is 1. The molecule has 0 aromatic carbocycles. The summed E-state index contributed by atoms with van der Waals surface area (Å²) in [6.45, 7) is 0.387. The van der Waals surface area contributed by atoms with Gasteiger partial charge < -0.3 is 20.4 Å². The number of carbonyl (C=O) groups is 1. The van der Waals surface area contributed by atoms with Crippen LogP contribution in [0.15, 0.2) is 0 Å². The van der Waals surface area contributed by atoms with Gasteiger partial charge in [-0.2, -0.15) is 0 Å². The average molecular weight is 235 g/mol. The minimum atomic E-state index is -1.34. The van der Waals surface area contributed by atoms with E-state index in [0.717, 1.165) is 12.8 Å². The molecule has 1 unspecified atom stereocenters. The van der Waals surface area contributed by atoms with Crippen LogP contribution >= 0.6 is 0 Å². The molecule has 96 valence electrons. The Hall–Kier alpha value is -0.690. The summed E-state index contributed by atoms with van der Waals surface area (Å²) in [5.41, 5.74) is -1.34. The Morgan fingerprint density at radius 1 is 1.25 bits per heavy atom. The molecule has 0 rings (SSSR count). The molecule has 0 saturated carbocycles. The number of unbranched alkanes of at least 4 members (excludes halogenated alkanes) is 1. The van der Waals surface area contributed by atoms with Crippen molar-refractivity contribution >= 4 is 5.97 Å². The van der Waals surface area contributed by atoms with Crippen LogP contribution in [0.2, 0.25) is 0 Å². The largest absolute Gasteiger partial charge is 0.480 e. The summed E-state index contributed by atoms with van der Waals surface area (Å²) < 4.78 is 0. The first-order valence-corrected chi connectivity index (χ1v) is 5.38. The van der Waals surface area contributed by atoms with Crippen LogP contribution in [-0.4, -0.2) is 57.8 Å². The molecule has 5 N–H and O–H groups in total. The van der Waals surface area contributed by atoms with Crippen LogP contribution < -0.4 is 5.32 Å². The predicted molar refractivity (Wildman–Crippen MR) is 58.1 cm³/mol. The smallest absolute Gasteiger partial charge is 0.320 e.